The van der Waals surface area contributed by atoms with Gasteiger partial charge in [0.25, 0.3) is 0 Å². The summed E-state index contributed by atoms with van der Waals surface area (Å²) in [5.74, 6) is -0.244. The summed E-state index contributed by atoms with van der Waals surface area (Å²) >= 11 is 0. The number of esters is 1. The largest absolute Gasteiger partial charge is 0.455 e. The molecule has 3 unspecified atom stereocenters. The lowest BCUT2D eigenvalue weighted by Crippen LogP contribution is -2.45. The van der Waals surface area contributed by atoms with Gasteiger partial charge in [0.15, 0.2) is 5.60 Å². The number of carbonyl (C=O) groups is 1. The third-order valence-electron chi connectivity index (χ3n) is 7.17. The molecule has 1 saturated heterocycles. The van der Waals surface area contributed by atoms with Crippen LogP contribution in [0.1, 0.15) is 62.7 Å². The number of rotatable bonds is 7. The quantitative estimate of drug-likeness (QED) is 0.660. The van der Waals surface area contributed by atoms with E-state index in [1.807, 2.05) is 30.3 Å². The molecule has 2 aromatic rings. The molecule has 166 valence electrons. The van der Waals surface area contributed by atoms with E-state index in [0.717, 1.165) is 57.2 Å². The summed E-state index contributed by atoms with van der Waals surface area (Å²) in [5.41, 5.74) is -0.256. The standard InChI is InChI=1S/C25H33N3O3/c1-18(19-8-7-13-26-14-19)23(20-15-27-17-28-16-20)31-24(29)25(30,22-11-5-6-12-22)21-9-3-2-4-10-21/h2-4,9-10,15-19,22-23,26,30H,5-8,11-14H2,1H3/t18?,19-,23?,25?/m0/s1. The lowest BCUT2D eigenvalue weighted by atomic mass is 9.79. The molecule has 0 spiro atoms. The van der Waals surface area contributed by atoms with Crippen molar-refractivity contribution in [3.05, 3.63) is 60.2 Å². The summed E-state index contributed by atoms with van der Waals surface area (Å²) < 4.78 is 6.19. The minimum atomic E-state index is -1.64. The van der Waals surface area contributed by atoms with Gasteiger partial charge >= 0.3 is 5.97 Å². The van der Waals surface area contributed by atoms with Crippen LogP contribution in [-0.4, -0.2) is 34.1 Å². The molecule has 1 aromatic carbocycles. The molecule has 2 heterocycles. The van der Waals surface area contributed by atoms with Gasteiger partial charge in [0.2, 0.25) is 0 Å². The van der Waals surface area contributed by atoms with Gasteiger partial charge in [0, 0.05) is 29.8 Å². The molecule has 4 atom stereocenters. The maximum atomic E-state index is 13.7. The van der Waals surface area contributed by atoms with Crippen LogP contribution < -0.4 is 5.32 Å². The molecule has 2 N–H and O–H groups in total. The molecule has 0 amide bonds. The smallest absolute Gasteiger partial charge is 0.343 e. The Morgan fingerprint density at radius 2 is 1.84 bits per heavy atom. The predicted octanol–water partition coefficient (Wildman–Crippen LogP) is 3.77. The molecule has 2 fully saturated rings. The van der Waals surface area contributed by atoms with E-state index in [-0.39, 0.29) is 11.8 Å². The third-order valence-corrected chi connectivity index (χ3v) is 7.17. The van der Waals surface area contributed by atoms with Crippen molar-refractivity contribution in [1.29, 1.82) is 0 Å². The maximum Gasteiger partial charge on any atom is 0.343 e. The highest BCUT2D eigenvalue weighted by molar-refractivity contribution is 5.82. The lowest BCUT2D eigenvalue weighted by Gasteiger charge is -2.37. The van der Waals surface area contributed by atoms with Crippen LogP contribution in [-0.2, 0) is 15.1 Å². The van der Waals surface area contributed by atoms with Crippen LogP contribution in [0.15, 0.2) is 49.1 Å². The van der Waals surface area contributed by atoms with Crippen LogP contribution in [0.25, 0.3) is 0 Å². The highest BCUT2D eigenvalue weighted by atomic mass is 16.6. The van der Waals surface area contributed by atoms with Crippen molar-refractivity contribution >= 4 is 5.97 Å². The number of ether oxygens (including phenoxy) is 1. The molecular formula is C25H33N3O3. The van der Waals surface area contributed by atoms with Gasteiger partial charge in [0.05, 0.1) is 0 Å². The van der Waals surface area contributed by atoms with E-state index in [1.165, 1.54) is 6.33 Å². The van der Waals surface area contributed by atoms with Crippen LogP contribution in [0.5, 0.6) is 0 Å². The Morgan fingerprint density at radius 1 is 1.13 bits per heavy atom. The monoisotopic (exact) mass is 423 g/mol. The van der Waals surface area contributed by atoms with E-state index in [9.17, 15) is 9.90 Å². The van der Waals surface area contributed by atoms with Gasteiger partial charge in [-0.05, 0) is 50.3 Å². The number of hydrogen-bond acceptors (Lipinski definition) is 6. The Kier molecular flexibility index (Phi) is 6.98. The Morgan fingerprint density at radius 3 is 2.48 bits per heavy atom. The topological polar surface area (TPSA) is 84.3 Å². The number of nitrogens with zero attached hydrogens (tertiary/aromatic N) is 2. The number of piperidine rings is 1. The minimum Gasteiger partial charge on any atom is -0.455 e. The first-order valence-corrected chi connectivity index (χ1v) is 11.5. The zero-order chi connectivity index (χ0) is 21.7. The van der Waals surface area contributed by atoms with Crippen LogP contribution in [0.4, 0.5) is 0 Å². The van der Waals surface area contributed by atoms with Gasteiger partial charge in [-0.3, -0.25) is 0 Å². The summed E-state index contributed by atoms with van der Waals surface area (Å²) in [5, 5.41) is 15.3. The van der Waals surface area contributed by atoms with Crippen LogP contribution in [0.2, 0.25) is 0 Å². The molecule has 6 nitrogen and oxygen atoms in total. The molecule has 1 aromatic heterocycles. The molecular weight excluding hydrogens is 390 g/mol. The number of aromatic nitrogens is 2. The fourth-order valence-corrected chi connectivity index (χ4v) is 5.27. The van der Waals surface area contributed by atoms with Crippen LogP contribution in [0, 0.1) is 17.8 Å². The summed E-state index contributed by atoms with van der Waals surface area (Å²) in [6.45, 7) is 4.05. The molecule has 31 heavy (non-hydrogen) atoms. The molecule has 1 saturated carbocycles. The third kappa shape index (κ3) is 4.65. The fourth-order valence-electron chi connectivity index (χ4n) is 5.27. The van der Waals surface area contributed by atoms with Gasteiger partial charge in [-0.15, -0.1) is 0 Å². The molecule has 1 aliphatic heterocycles. The van der Waals surface area contributed by atoms with E-state index >= 15 is 0 Å². The van der Waals surface area contributed by atoms with Crippen LogP contribution in [0.3, 0.4) is 0 Å². The van der Waals surface area contributed by atoms with Gasteiger partial charge in [0.1, 0.15) is 12.4 Å². The molecule has 1 aliphatic carbocycles. The first kappa shape index (κ1) is 21.9. The summed E-state index contributed by atoms with van der Waals surface area (Å²) in [7, 11) is 0. The Labute approximate surface area is 184 Å². The van der Waals surface area contributed by atoms with Gasteiger partial charge in [-0.2, -0.15) is 0 Å². The van der Waals surface area contributed by atoms with E-state index in [2.05, 4.69) is 22.2 Å². The van der Waals surface area contributed by atoms with E-state index in [1.54, 1.807) is 12.4 Å². The predicted molar refractivity (Wildman–Crippen MR) is 118 cm³/mol. The van der Waals surface area contributed by atoms with E-state index in [0.29, 0.717) is 11.5 Å². The first-order valence-electron chi connectivity index (χ1n) is 11.5. The van der Waals surface area contributed by atoms with Gasteiger partial charge in [-0.25, -0.2) is 14.8 Å². The van der Waals surface area contributed by atoms with Crippen molar-refractivity contribution in [2.45, 2.75) is 57.2 Å². The normalized spacial score (nSPS) is 23.6. The van der Waals surface area contributed by atoms with E-state index < -0.39 is 17.7 Å². The Hall–Kier alpha value is -2.31. The SMILES string of the molecule is CC(C(OC(=O)C(O)(c1ccccc1)C1CCCC1)c1cncnc1)[C@H]1CCCNC1. The minimum absolute atomic E-state index is 0.0753. The number of benzene rings is 1. The van der Waals surface area contributed by atoms with E-state index in [4.69, 9.17) is 4.74 Å². The molecule has 6 heteroatoms. The average Bonchev–Trinajstić information content (AvgIpc) is 3.39. The summed E-state index contributed by atoms with van der Waals surface area (Å²) in [6.07, 6.45) is 10.3. The molecule has 0 radical (unpaired) electrons. The average molecular weight is 424 g/mol. The van der Waals surface area contributed by atoms with Crippen molar-refractivity contribution in [3.8, 4) is 0 Å². The second-order valence-electron chi connectivity index (χ2n) is 9.08. The van der Waals surface area contributed by atoms with Gasteiger partial charge in [-0.1, -0.05) is 50.1 Å². The second kappa shape index (κ2) is 9.88. The zero-order valence-corrected chi connectivity index (χ0v) is 18.2. The second-order valence-corrected chi connectivity index (χ2v) is 9.08. The van der Waals surface area contributed by atoms with Crippen molar-refractivity contribution in [2.24, 2.45) is 17.8 Å². The Balaban J connectivity index is 1.64. The zero-order valence-electron chi connectivity index (χ0n) is 18.2. The summed E-state index contributed by atoms with van der Waals surface area (Å²) in [6, 6.07) is 9.28. The molecule has 4 rings (SSSR count). The summed E-state index contributed by atoms with van der Waals surface area (Å²) in [4.78, 5) is 22.0. The Bertz CT molecular complexity index is 836. The van der Waals surface area contributed by atoms with Crippen LogP contribution >= 0.6 is 0 Å². The van der Waals surface area contributed by atoms with Crippen molar-refractivity contribution in [1.82, 2.24) is 15.3 Å². The highest BCUT2D eigenvalue weighted by Gasteiger charge is 2.49. The van der Waals surface area contributed by atoms with Gasteiger partial charge < -0.3 is 15.2 Å². The molecule has 2 aliphatic rings. The molecule has 0 bridgehead atoms. The number of aliphatic hydroxyl groups is 1. The number of hydrogen-bond donors (Lipinski definition) is 2. The lowest BCUT2D eigenvalue weighted by molar-refractivity contribution is -0.183. The van der Waals surface area contributed by atoms with Crippen molar-refractivity contribution < 1.29 is 14.6 Å². The van der Waals surface area contributed by atoms with Crippen molar-refractivity contribution in [3.63, 3.8) is 0 Å². The van der Waals surface area contributed by atoms with Crippen molar-refractivity contribution in [2.75, 3.05) is 13.1 Å². The fraction of sp³-hybridized carbons (Fsp3) is 0.560. The highest BCUT2D eigenvalue weighted by Crippen LogP contribution is 2.43. The number of carbonyl (C=O) groups excluding carboxylic acids is 1. The maximum absolute atomic E-state index is 13.7. The first-order chi connectivity index (χ1) is 15.1. The number of nitrogens with one attached hydrogen (secondary N) is 1.